The van der Waals surface area contributed by atoms with Crippen molar-refractivity contribution in [1.82, 2.24) is 4.98 Å². The molecule has 1 amide bonds. The summed E-state index contributed by atoms with van der Waals surface area (Å²) in [5.74, 6) is 0.0911. The van der Waals surface area contributed by atoms with Gasteiger partial charge in [0.2, 0.25) is 5.91 Å². The Morgan fingerprint density at radius 3 is 2.74 bits per heavy atom. The van der Waals surface area contributed by atoms with Crippen molar-refractivity contribution in [3.8, 4) is 5.75 Å². The first-order valence-electron chi connectivity index (χ1n) is 6.75. The Hall–Kier alpha value is -1.62. The van der Waals surface area contributed by atoms with Gasteiger partial charge in [0.15, 0.2) is 11.6 Å². The predicted molar refractivity (Wildman–Crippen MR) is 73.8 cm³/mol. The molecular weight excluding hydrogens is 242 g/mol. The van der Waals surface area contributed by atoms with Crippen LogP contribution in [0, 0.1) is 12.3 Å². The van der Waals surface area contributed by atoms with E-state index in [0.717, 1.165) is 37.8 Å². The van der Waals surface area contributed by atoms with Crippen molar-refractivity contribution in [2.24, 2.45) is 11.1 Å². The first-order chi connectivity index (χ1) is 9.07. The number of aryl methyl sites for hydroxylation is 1. The van der Waals surface area contributed by atoms with E-state index in [9.17, 15) is 9.90 Å². The number of nitrogens with zero attached hydrogens (tertiary/aromatic N) is 1. The van der Waals surface area contributed by atoms with Crippen LogP contribution in [0.3, 0.4) is 0 Å². The fourth-order valence-corrected chi connectivity index (χ4v) is 2.63. The molecule has 0 spiro atoms. The average Bonchev–Trinajstić information content (AvgIpc) is 2.43. The van der Waals surface area contributed by atoms with Crippen molar-refractivity contribution < 1.29 is 9.90 Å². The summed E-state index contributed by atoms with van der Waals surface area (Å²) in [6.07, 6.45) is 4.82. The van der Waals surface area contributed by atoms with Gasteiger partial charge in [-0.1, -0.05) is 19.3 Å². The van der Waals surface area contributed by atoms with Gasteiger partial charge in [0.05, 0.1) is 5.41 Å². The SMILES string of the molecule is Cc1ccc(O)c(NC(=O)C2(CN)CCCCC2)n1. The Balaban J connectivity index is 2.17. The highest BCUT2D eigenvalue weighted by Gasteiger charge is 2.38. The summed E-state index contributed by atoms with van der Waals surface area (Å²) in [4.78, 5) is 16.6. The monoisotopic (exact) mass is 263 g/mol. The number of carbonyl (C=O) groups excluding carboxylic acids is 1. The minimum absolute atomic E-state index is 0.0121. The zero-order chi connectivity index (χ0) is 13.9. The maximum Gasteiger partial charge on any atom is 0.233 e. The van der Waals surface area contributed by atoms with E-state index in [-0.39, 0.29) is 17.5 Å². The maximum absolute atomic E-state index is 12.4. The Morgan fingerprint density at radius 2 is 2.11 bits per heavy atom. The molecule has 1 aromatic rings. The van der Waals surface area contributed by atoms with E-state index in [0.29, 0.717) is 6.54 Å². The van der Waals surface area contributed by atoms with Gasteiger partial charge in [0.25, 0.3) is 0 Å². The molecule has 0 bridgehead atoms. The summed E-state index contributed by atoms with van der Waals surface area (Å²) in [6, 6.07) is 3.23. The van der Waals surface area contributed by atoms with Crippen LogP contribution in [0.15, 0.2) is 12.1 Å². The highest BCUT2D eigenvalue weighted by Crippen LogP contribution is 2.37. The summed E-state index contributed by atoms with van der Waals surface area (Å²) < 4.78 is 0. The molecule has 0 radical (unpaired) electrons. The van der Waals surface area contributed by atoms with Crippen molar-refractivity contribution in [2.75, 3.05) is 11.9 Å². The number of aromatic nitrogens is 1. The van der Waals surface area contributed by atoms with Gasteiger partial charge in [0, 0.05) is 12.2 Å². The third-order valence-electron chi connectivity index (χ3n) is 3.93. The molecule has 19 heavy (non-hydrogen) atoms. The minimum atomic E-state index is -0.504. The third-order valence-corrected chi connectivity index (χ3v) is 3.93. The number of rotatable bonds is 3. The molecule has 0 atom stereocenters. The van der Waals surface area contributed by atoms with Gasteiger partial charge in [-0.2, -0.15) is 0 Å². The Bertz CT molecular complexity index is 468. The highest BCUT2D eigenvalue weighted by atomic mass is 16.3. The molecule has 1 aliphatic rings. The fourth-order valence-electron chi connectivity index (χ4n) is 2.63. The number of amides is 1. The van der Waals surface area contributed by atoms with Gasteiger partial charge in [-0.15, -0.1) is 0 Å². The smallest absolute Gasteiger partial charge is 0.233 e. The number of carbonyl (C=O) groups is 1. The number of nitrogens with one attached hydrogen (secondary N) is 1. The van der Waals surface area contributed by atoms with Gasteiger partial charge < -0.3 is 16.2 Å². The van der Waals surface area contributed by atoms with Gasteiger partial charge in [-0.05, 0) is 31.9 Å². The zero-order valence-corrected chi connectivity index (χ0v) is 11.3. The molecule has 2 rings (SSSR count). The van der Waals surface area contributed by atoms with Crippen LogP contribution >= 0.6 is 0 Å². The van der Waals surface area contributed by atoms with Crippen molar-refractivity contribution >= 4 is 11.7 Å². The normalized spacial score (nSPS) is 18.0. The molecule has 4 N–H and O–H groups in total. The van der Waals surface area contributed by atoms with E-state index in [1.807, 2.05) is 6.92 Å². The lowest BCUT2D eigenvalue weighted by Gasteiger charge is -2.34. The molecule has 1 aromatic heterocycles. The van der Waals surface area contributed by atoms with Gasteiger partial charge in [-0.25, -0.2) is 4.98 Å². The molecule has 0 saturated heterocycles. The third kappa shape index (κ3) is 2.87. The molecule has 0 aromatic carbocycles. The van der Waals surface area contributed by atoms with Crippen LogP contribution in [0.4, 0.5) is 5.82 Å². The van der Waals surface area contributed by atoms with E-state index in [1.54, 1.807) is 6.07 Å². The molecule has 1 saturated carbocycles. The largest absolute Gasteiger partial charge is 0.504 e. The van der Waals surface area contributed by atoms with Gasteiger partial charge >= 0.3 is 0 Å². The average molecular weight is 263 g/mol. The fraction of sp³-hybridized carbons (Fsp3) is 0.571. The zero-order valence-electron chi connectivity index (χ0n) is 11.3. The first-order valence-corrected chi connectivity index (χ1v) is 6.75. The quantitative estimate of drug-likeness (QED) is 0.777. The Morgan fingerprint density at radius 1 is 1.42 bits per heavy atom. The van der Waals surface area contributed by atoms with Crippen molar-refractivity contribution in [3.63, 3.8) is 0 Å². The van der Waals surface area contributed by atoms with Crippen LogP contribution in [-0.4, -0.2) is 22.5 Å². The summed E-state index contributed by atoms with van der Waals surface area (Å²) in [7, 11) is 0. The highest BCUT2D eigenvalue weighted by molar-refractivity contribution is 5.95. The van der Waals surface area contributed by atoms with Crippen molar-refractivity contribution in [3.05, 3.63) is 17.8 Å². The predicted octanol–water partition coefficient (Wildman–Crippen LogP) is 1.94. The Labute approximate surface area is 113 Å². The summed E-state index contributed by atoms with van der Waals surface area (Å²) >= 11 is 0. The van der Waals surface area contributed by atoms with E-state index < -0.39 is 5.41 Å². The van der Waals surface area contributed by atoms with Crippen LogP contribution in [-0.2, 0) is 4.79 Å². The van der Waals surface area contributed by atoms with Gasteiger partial charge in [0.1, 0.15) is 0 Å². The molecule has 5 nitrogen and oxygen atoms in total. The van der Waals surface area contributed by atoms with E-state index >= 15 is 0 Å². The summed E-state index contributed by atoms with van der Waals surface area (Å²) in [5, 5.41) is 12.5. The topological polar surface area (TPSA) is 88.2 Å². The van der Waals surface area contributed by atoms with Crippen LogP contribution in [0.25, 0.3) is 0 Å². The van der Waals surface area contributed by atoms with Crippen LogP contribution in [0.2, 0.25) is 0 Å². The lowest BCUT2D eigenvalue weighted by molar-refractivity contribution is -0.126. The van der Waals surface area contributed by atoms with Crippen LogP contribution in [0.1, 0.15) is 37.8 Å². The van der Waals surface area contributed by atoms with E-state index in [4.69, 9.17) is 5.73 Å². The molecule has 1 fully saturated rings. The Kier molecular flexibility index (Phi) is 4.04. The van der Waals surface area contributed by atoms with Crippen LogP contribution in [0.5, 0.6) is 5.75 Å². The summed E-state index contributed by atoms with van der Waals surface area (Å²) in [6.45, 7) is 2.15. The van der Waals surface area contributed by atoms with Crippen molar-refractivity contribution in [2.45, 2.75) is 39.0 Å². The number of anilines is 1. The lowest BCUT2D eigenvalue weighted by Crippen LogP contribution is -2.44. The second kappa shape index (κ2) is 5.57. The molecular formula is C14H21N3O2. The standard InChI is InChI=1S/C14H21N3O2/c1-10-5-6-11(18)12(16-10)17-13(19)14(9-15)7-3-2-4-8-14/h5-6,18H,2-4,7-9,15H2,1H3,(H,16,17,19). The summed E-state index contributed by atoms with van der Waals surface area (Å²) in [5.41, 5.74) is 6.06. The van der Waals surface area contributed by atoms with E-state index in [1.165, 1.54) is 6.07 Å². The molecule has 0 aliphatic heterocycles. The second-order valence-corrected chi connectivity index (χ2v) is 5.32. The second-order valence-electron chi connectivity index (χ2n) is 5.32. The number of hydrogen-bond acceptors (Lipinski definition) is 4. The number of nitrogens with two attached hydrogens (primary N) is 1. The molecule has 0 unspecified atom stereocenters. The van der Waals surface area contributed by atoms with E-state index in [2.05, 4.69) is 10.3 Å². The molecule has 5 heteroatoms. The van der Waals surface area contributed by atoms with Crippen molar-refractivity contribution in [1.29, 1.82) is 0 Å². The molecule has 1 aliphatic carbocycles. The lowest BCUT2D eigenvalue weighted by atomic mass is 9.73. The minimum Gasteiger partial charge on any atom is -0.504 e. The number of aromatic hydroxyl groups is 1. The number of pyridine rings is 1. The molecule has 104 valence electrons. The van der Waals surface area contributed by atoms with Gasteiger partial charge in [-0.3, -0.25) is 4.79 Å². The first kappa shape index (κ1) is 13.8. The molecule has 1 heterocycles. The number of hydrogen-bond donors (Lipinski definition) is 3. The maximum atomic E-state index is 12.4. The van der Waals surface area contributed by atoms with Crippen LogP contribution < -0.4 is 11.1 Å².